The van der Waals surface area contributed by atoms with Crippen LogP contribution in [0.5, 0.6) is 0 Å². The SMILES string of the molecule is CCCN=CC(C)(Cl)Cl. The van der Waals surface area contributed by atoms with Crippen LogP contribution in [-0.4, -0.2) is 17.1 Å². The third kappa shape index (κ3) is 8.25. The highest BCUT2D eigenvalue weighted by Crippen LogP contribution is 2.15. The Morgan fingerprint density at radius 2 is 2.11 bits per heavy atom. The van der Waals surface area contributed by atoms with Gasteiger partial charge in [-0.15, -0.1) is 0 Å². The lowest BCUT2D eigenvalue weighted by atomic mass is 10.5. The highest BCUT2D eigenvalue weighted by molar-refractivity contribution is 6.55. The van der Waals surface area contributed by atoms with Crippen molar-refractivity contribution in [3.8, 4) is 0 Å². The molecule has 0 spiro atoms. The maximum atomic E-state index is 5.59. The second-order valence-corrected chi connectivity index (χ2v) is 3.76. The first-order chi connectivity index (χ1) is 4.06. The van der Waals surface area contributed by atoms with Crippen molar-refractivity contribution < 1.29 is 0 Å². The molecule has 0 amide bonds. The Morgan fingerprint density at radius 3 is 2.44 bits per heavy atom. The van der Waals surface area contributed by atoms with E-state index in [1.54, 1.807) is 13.1 Å². The quantitative estimate of drug-likeness (QED) is 0.453. The van der Waals surface area contributed by atoms with Crippen molar-refractivity contribution in [1.82, 2.24) is 0 Å². The fraction of sp³-hybridized carbons (Fsp3) is 0.833. The molecule has 54 valence electrons. The summed E-state index contributed by atoms with van der Waals surface area (Å²) in [6.45, 7) is 4.54. The van der Waals surface area contributed by atoms with Crippen LogP contribution in [-0.2, 0) is 0 Å². The van der Waals surface area contributed by atoms with Gasteiger partial charge in [-0.2, -0.15) is 0 Å². The van der Waals surface area contributed by atoms with E-state index in [-0.39, 0.29) is 0 Å². The summed E-state index contributed by atoms with van der Waals surface area (Å²) in [7, 11) is 0. The molecule has 0 aliphatic carbocycles. The summed E-state index contributed by atoms with van der Waals surface area (Å²) in [5.41, 5.74) is 0. The monoisotopic (exact) mass is 167 g/mol. The summed E-state index contributed by atoms with van der Waals surface area (Å²) < 4.78 is -0.796. The fourth-order valence-electron chi connectivity index (χ4n) is 0.354. The molecule has 0 unspecified atom stereocenters. The minimum Gasteiger partial charge on any atom is -0.294 e. The van der Waals surface area contributed by atoms with E-state index in [9.17, 15) is 0 Å². The summed E-state index contributed by atoms with van der Waals surface area (Å²) in [5.74, 6) is 0. The van der Waals surface area contributed by atoms with Crippen molar-refractivity contribution in [2.75, 3.05) is 6.54 Å². The Bertz CT molecular complexity index is 93.7. The Labute approximate surface area is 66.1 Å². The van der Waals surface area contributed by atoms with Gasteiger partial charge in [-0.1, -0.05) is 30.1 Å². The molecule has 0 aromatic heterocycles. The van der Waals surface area contributed by atoms with E-state index in [0.29, 0.717) is 0 Å². The van der Waals surface area contributed by atoms with Gasteiger partial charge in [0.25, 0.3) is 0 Å². The molecule has 0 aliphatic rings. The lowest BCUT2D eigenvalue weighted by molar-refractivity contribution is 0.930. The van der Waals surface area contributed by atoms with Crippen molar-refractivity contribution in [1.29, 1.82) is 0 Å². The smallest absolute Gasteiger partial charge is 0.149 e. The van der Waals surface area contributed by atoms with Crippen LogP contribution in [0.4, 0.5) is 0 Å². The summed E-state index contributed by atoms with van der Waals surface area (Å²) in [4.78, 5) is 3.97. The van der Waals surface area contributed by atoms with E-state index in [4.69, 9.17) is 23.2 Å². The third-order valence-corrected chi connectivity index (χ3v) is 0.866. The van der Waals surface area contributed by atoms with Crippen LogP contribution in [0.25, 0.3) is 0 Å². The molecule has 0 fully saturated rings. The van der Waals surface area contributed by atoms with Crippen LogP contribution in [0.3, 0.4) is 0 Å². The molecular formula is C6H11Cl2N. The molecule has 0 N–H and O–H groups in total. The first-order valence-corrected chi connectivity index (χ1v) is 3.70. The van der Waals surface area contributed by atoms with Crippen molar-refractivity contribution in [3.05, 3.63) is 0 Å². The highest BCUT2D eigenvalue weighted by atomic mass is 35.5. The van der Waals surface area contributed by atoms with E-state index in [0.717, 1.165) is 13.0 Å². The van der Waals surface area contributed by atoms with Gasteiger partial charge in [-0.05, 0) is 13.3 Å². The Hall–Kier alpha value is 0.250. The molecule has 9 heavy (non-hydrogen) atoms. The molecule has 0 aromatic carbocycles. The Morgan fingerprint density at radius 1 is 1.56 bits per heavy atom. The largest absolute Gasteiger partial charge is 0.294 e. The number of hydrogen-bond acceptors (Lipinski definition) is 1. The molecule has 1 nitrogen and oxygen atoms in total. The van der Waals surface area contributed by atoms with Gasteiger partial charge in [0, 0.05) is 12.8 Å². The zero-order valence-corrected chi connectivity index (χ0v) is 7.21. The zero-order valence-electron chi connectivity index (χ0n) is 5.69. The van der Waals surface area contributed by atoms with Gasteiger partial charge in [0.15, 0.2) is 0 Å². The molecular weight excluding hydrogens is 157 g/mol. The number of alkyl halides is 2. The lowest BCUT2D eigenvalue weighted by Crippen LogP contribution is -2.07. The maximum Gasteiger partial charge on any atom is 0.149 e. The average Bonchev–Trinajstić information content (AvgIpc) is 1.63. The van der Waals surface area contributed by atoms with Gasteiger partial charge < -0.3 is 0 Å². The molecule has 0 heterocycles. The van der Waals surface area contributed by atoms with Crippen LogP contribution < -0.4 is 0 Å². The van der Waals surface area contributed by atoms with E-state index < -0.39 is 4.33 Å². The minimum absolute atomic E-state index is 0.796. The van der Waals surface area contributed by atoms with Crippen LogP contribution in [0.1, 0.15) is 20.3 Å². The molecule has 0 radical (unpaired) electrons. The molecule has 0 saturated carbocycles. The fourth-order valence-corrected chi connectivity index (χ4v) is 0.492. The number of nitrogens with zero attached hydrogens (tertiary/aromatic N) is 1. The number of aliphatic imine (C=N–C) groups is 1. The zero-order chi connectivity index (χ0) is 7.33. The molecule has 0 rings (SSSR count). The van der Waals surface area contributed by atoms with E-state index in [1.807, 2.05) is 0 Å². The number of hydrogen-bond donors (Lipinski definition) is 0. The first kappa shape index (κ1) is 9.25. The van der Waals surface area contributed by atoms with Gasteiger partial charge in [-0.3, -0.25) is 4.99 Å². The predicted molar refractivity (Wildman–Crippen MR) is 43.8 cm³/mol. The molecule has 0 aliphatic heterocycles. The molecule has 0 aromatic rings. The second-order valence-electron chi connectivity index (χ2n) is 1.99. The summed E-state index contributed by atoms with van der Waals surface area (Å²) in [6.07, 6.45) is 2.58. The van der Waals surface area contributed by atoms with E-state index in [2.05, 4.69) is 11.9 Å². The van der Waals surface area contributed by atoms with Gasteiger partial charge in [0.2, 0.25) is 0 Å². The van der Waals surface area contributed by atoms with Gasteiger partial charge in [0.1, 0.15) is 4.33 Å². The molecule has 0 atom stereocenters. The van der Waals surface area contributed by atoms with Gasteiger partial charge >= 0.3 is 0 Å². The number of halogens is 2. The van der Waals surface area contributed by atoms with Crippen LogP contribution in [0, 0.1) is 0 Å². The van der Waals surface area contributed by atoms with Crippen molar-refractivity contribution in [2.24, 2.45) is 4.99 Å². The van der Waals surface area contributed by atoms with Crippen molar-refractivity contribution >= 4 is 29.4 Å². The summed E-state index contributed by atoms with van der Waals surface area (Å²) in [6, 6.07) is 0. The summed E-state index contributed by atoms with van der Waals surface area (Å²) >= 11 is 11.2. The van der Waals surface area contributed by atoms with Crippen molar-refractivity contribution in [2.45, 2.75) is 24.6 Å². The molecule has 3 heteroatoms. The van der Waals surface area contributed by atoms with E-state index >= 15 is 0 Å². The predicted octanol–water partition coefficient (Wildman–Crippen LogP) is 2.66. The topological polar surface area (TPSA) is 12.4 Å². The normalized spacial score (nSPS) is 12.9. The highest BCUT2D eigenvalue weighted by Gasteiger charge is 2.10. The lowest BCUT2D eigenvalue weighted by Gasteiger charge is -2.02. The van der Waals surface area contributed by atoms with E-state index in [1.165, 1.54) is 0 Å². The second kappa shape index (κ2) is 4.13. The average molecular weight is 168 g/mol. The Kier molecular flexibility index (Phi) is 4.24. The molecule has 0 saturated heterocycles. The standard InChI is InChI=1S/C6H11Cl2N/c1-3-4-9-5-6(2,7)8/h5H,3-4H2,1-2H3. The van der Waals surface area contributed by atoms with Gasteiger partial charge in [-0.25, -0.2) is 0 Å². The third-order valence-electron chi connectivity index (χ3n) is 0.671. The van der Waals surface area contributed by atoms with Crippen LogP contribution >= 0.6 is 23.2 Å². The van der Waals surface area contributed by atoms with Crippen molar-refractivity contribution in [3.63, 3.8) is 0 Å². The maximum absolute atomic E-state index is 5.59. The molecule has 0 bridgehead atoms. The minimum atomic E-state index is -0.796. The number of rotatable bonds is 3. The summed E-state index contributed by atoms with van der Waals surface area (Å²) in [5, 5.41) is 0. The Balaban J connectivity index is 3.45. The van der Waals surface area contributed by atoms with Crippen LogP contribution in [0.15, 0.2) is 4.99 Å². The van der Waals surface area contributed by atoms with Gasteiger partial charge in [0.05, 0.1) is 0 Å². The van der Waals surface area contributed by atoms with Crippen LogP contribution in [0.2, 0.25) is 0 Å². The first-order valence-electron chi connectivity index (χ1n) is 2.95.